The van der Waals surface area contributed by atoms with Gasteiger partial charge < -0.3 is 14.6 Å². The topological polar surface area (TPSA) is 55.8 Å². The van der Waals surface area contributed by atoms with Crippen molar-refractivity contribution in [2.75, 3.05) is 6.61 Å². The minimum Gasteiger partial charge on any atom is -0.490 e. The Labute approximate surface area is 190 Å². The summed E-state index contributed by atoms with van der Waals surface area (Å²) in [7, 11) is 0. The van der Waals surface area contributed by atoms with E-state index in [4.69, 9.17) is 9.47 Å². The van der Waals surface area contributed by atoms with Gasteiger partial charge in [-0.1, -0.05) is 66.7 Å². The quantitative estimate of drug-likeness (QED) is 0.413. The Hall–Kier alpha value is -3.37. The molecule has 0 heterocycles. The van der Waals surface area contributed by atoms with Crippen molar-refractivity contribution in [1.29, 1.82) is 0 Å². The van der Waals surface area contributed by atoms with Gasteiger partial charge in [-0.3, -0.25) is 0 Å². The van der Waals surface area contributed by atoms with Gasteiger partial charge >= 0.3 is 5.97 Å². The van der Waals surface area contributed by atoms with E-state index in [0.717, 1.165) is 22.4 Å². The molecule has 1 atom stereocenters. The lowest BCUT2D eigenvalue weighted by Crippen LogP contribution is -2.29. The van der Waals surface area contributed by atoms with Crippen molar-refractivity contribution in [3.05, 3.63) is 96.1 Å². The number of benzene rings is 3. The van der Waals surface area contributed by atoms with Gasteiger partial charge in [-0.2, -0.15) is 0 Å². The fourth-order valence-corrected chi connectivity index (χ4v) is 3.39. The highest BCUT2D eigenvalue weighted by atomic mass is 16.5. The van der Waals surface area contributed by atoms with Crippen LogP contribution in [-0.2, 0) is 16.0 Å². The van der Waals surface area contributed by atoms with Crippen LogP contribution >= 0.6 is 0 Å². The molecule has 0 saturated heterocycles. The number of hydrogen-bond acceptors (Lipinski definition) is 3. The SMILES string of the molecule is CC(=CCOc1ccc(CC(OC(C)C)C(=O)O)cc1)c1ccc(-c2ccccc2)cc1. The van der Waals surface area contributed by atoms with E-state index in [-0.39, 0.29) is 6.10 Å². The smallest absolute Gasteiger partial charge is 0.333 e. The summed E-state index contributed by atoms with van der Waals surface area (Å²) in [6.07, 6.45) is 1.40. The largest absolute Gasteiger partial charge is 0.490 e. The van der Waals surface area contributed by atoms with Crippen LogP contribution in [-0.4, -0.2) is 29.9 Å². The van der Waals surface area contributed by atoms with Crippen LogP contribution in [0.5, 0.6) is 5.75 Å². The van der Waals surface area contributed by atoms with E-state index in [1.165, 1.54) is 11.1 Å². The summed E-state index contributed by atoms with van der Waals surface area (Å²) in [6.45, 7) is 6.20. The first-order chi connectivity index (χ1) is 15.4. The van der Waals surface area contributed by atoms with E-state index in [1.54, 1.807) is 0 Å². The Bertz CT molecular complexity index is 1020. The van der Waals surface area contributed by atoms with E-state index >= 15 is 0 Å². The predicted octanol–water partition coefficient (Wildman–Crippen LogP) is 6.26. The van der Waals surface area contributed by atoms with Gasteiger partial charge in [-0.05, 0) is 66.8 Å². The summed E-state index contributed by atoms with van der Waals surface area (Å²) >= 11 is 0. The minimum atomic E-state index is -0.948. The van der Waals surface area contributed by atoms with E-state index in [9.17, 15) is 9.90 Å². The van der Waals surface area contributed by atoms with Gasteiger partial charge in [0.2, 0.25) is 0 Å². The lowest BCUT2D eigenvalue weighted by molar-refractivity contribution is -0.153. The fourth-order valence-electron chi connectivity index (χ4n) is 3.39. The normalized spacial score (nSPS) is 12.6. The monoisotopic (exact) mass is 430 g/mol. The number of hydrogen-bond donors (Lipinski definition) is 1. The van der Waals surface area contributed by atoms with E-state index < -0.39 is 12.1 Å². The van der Waals surface area contributed by atoms with E-state index in [0.29, 0.717) is 13.0 Å². The van der Waals surface area contributed by atoms with Crippen LogP contribution in [0.25, 0.3) is 16.7 Å². The number of carboxylic acids is 1. The zero-order valence-electron chi connectivity index (χ0n) is 18.8. The lowest BCUT2D eigenvalue weighted by Gasteiger charge is -2.16. The molecule has 4 nitrogen and oxygen atoms in total. The standard InChI is InChI=1S/C28H30O4/c1-20(2)32-27(28(29)30)19-22-9-15-26(16-10-22)31-18-17-21(3)23-11-13-25(14-12-23)24-7-5-4-6-8-24/h4-17,20,27H,18-19H2,1-3H3,(H,29,30). The zero-order chi connectivity index (χ0) is 22.9. The summed E-state index contributed by atoms with van der Waals surface area (Å²) in [6, 6.07) is 26.3. The molecule has 0 amide bonds. The molecule has 4 heteroatoms. The van der Waals surface area contributed by atoms with Crippen LogP contribution < -0.4 is 4.74 Å². The Kier molecular flexibility index (Phi) is 8.23. The Balaban J connectivity index is 1.54. The second-order valence-electron chi connectivity index (χ2n) is 8.00. The minimum absolute atomic E-state index is 0.136. The van der Waals surface area contributed by atoms with Gasteiger partial charge in [0, 0.05) is 6.42 Å². The second kappa shape index (κ2) is 11.3. The first-order valence-corrected chi connectivity index (χ1v) is 10.8. The van der Waals surface area contributed by atoms with Crippen LogP contribution in [0.2, 0.25) is 0 Å². The van der Waals surface area contributed by atoms with Crippen molar-refractivity contribution in [2.24, 2.45) is 0 Å². The number of allylic oxidation sites excluding steroid dienone is 1. The predicted molar refractivity (Wildman–Crippen MR) is 129 cm³/mol. The van der Waals surface area contributed by atoms with Gasteiger partial charge in [0.25, 0.3) is 0 Å². The van der Waals surface area contributed by atoms with Crippen molar-refractivity contribution in [3.8, 4) is 16.9 Å². The second-order valence-corrected chi connectivity index (χ2v) is 8.00. The molecule has 3 aromatic carbocycles. The average molecular weight is 431 g/mol. The van der Waals surface area contributed by atoms with Crippen molar-refractivity contribution in [3.63, 3.8) is 0 Å². The van der Waals surface area contributed by atoms with Crippen LogP contribution in [0.3, 0.4) is 0 Å². The van der Waals surface area contributed by atoms with Gasteiger partial charge in [0.1, 0.15) is 12.4 Å². The number of carbonyl (C=O) groups is 1. The molecule has 1 unspecified atom stereocenters. The number of rotatable bonds is 10. The Morgan fingerprint density at radius 1 is 0.906 bits per heavy atom. The maximum Gasteiger partial charge on any atom is 0.333 e. The highest BCUT2D eigenvalue weighted by Gasteiger charge is 2.20. The third kappa shape index (κ3) is 6.82. The van der Waals surface area contributed by atoms with Crippen molar-refractivity contribution in [1.82, 2.24) is 0 Å². The third-order valence-electron chi connectivity index (χ3n) is 5.14. The molecule has 0 aromatic heterocycles. The summed E-state index contributed by atoms with van der Waals surface area (Å²) in [5.41, 5.74) is 5.61. The average Bonchev–Trinajstić information content (AvgIpc) is 2.80. The molecule has 0 aliphatic rings. The number of aliphatic carboxylic acids is 1. The molecule has 0 radical (unpaired) electrons. The number of ether oxygens (including phenoxy) is 2. The van der Waals surface area contributed by atoms with E-state index in [2.05, 4.69) is 49.4 Å². The highest BCUT2D eigenvalue weighted by Crippen LogP contribution is 2.22. The maximum absolute atomic E-state index is 11.4. The molecule has 0 spiro atoms. The van der Waals surface area contributed by atoms with Crippen LogP contribution in [0, 0.1) is 0 Å². The van der Waals surface area contributed by atoms with E-state index in [1.807, 2.05) is 56.3 Å². The molecule has 3 rings (SSSR count). The molecule has 0 fully saturated rings. The van der Waals surface area contributed by atoms with Gasteiger partial charge in [0.15, 0.2) is 6.10 Å². The Morgan fingerprint density at radius 3 is 2.12 bits per heavy atom. The maximum atomic E-state index is 11.4. The molecular weight excluding hydrogens is 400 g/mol. The zero-order valence-corrected chi connectivity index (χ0v) is 18.8. The highest BCUT2D eigenvalue weighted by molar-refractivity contribution is 5.73. The molecule has 32 heavy (non-hydrogen) atoms. The summed E-state index contributed by atoms with van der Waals surface area (Å²) in [5, 5.41) is 9.32. The van der Waals surface area contributed by atoms with Crippen molar-refractivity contribution < 1.29 is 19.4 Å². The molecule has 166 valence electrons. The van der Waals surface area contributed by atoms with Gasteiger partial charge in [0.05, 0.1) is 6.10 Å². The van der Waals surface area contributed by atoms with Crippen LogP contribution in [0.4, 0.5) is 0 Å². The van der Waals surface area contributed by atoms with Gasteiger partial charge in [-0.15, -0.1) is 0 Å². The van der Waals surface area contributed by atoms with Crippen molar-refractivity contribution >= 4 is 11.5 Å². The molecular formula is C28H30O4. The molecule has 0 aliphatic carbocycles. The van der Waals surface area contributed by atoms with Crippen LogP contribution in [0.15, 0.2) is 84.9 Å². The van der Waals surface area contributed by atoms with Crippen LogP contribution in [0.1, 0.15) is 31.9 Å². The molecule has 3 aromatic rings. The lowest BCUT2D eigenvalue weighted by atomic mass is 10.0. The molecule has 0 saturated carbocycles. The summed E-state index contributed by atoms with van der Waals surface area (Å²) in [5.74, 6) is -0.203. The summed E-state index contributed by atoms with van der Waals surface area (Å²) in [4.78, 5) is 11.4. The molecule has 1 N–H and O–H groups in total. The first-order valence-electron chi connectivity index (χ1n) is 10.8. The molecule has 0 aliphatic heterocycles. The number of carboxylic acid groups (broad SMARTS) is 1. The Morgan fingerprint density at radius 2 is 1.53 bits per heavy atom. The fraction of sp³-hybridized carbons (Fsp3) is 0.250. The molecule has 0 bridgehead atoms. The van der Waals surface area contributed by atoms with Gasteiger partial charge in [-0.25, -0.2) is 4.79 Å². The van der Waals surface area contributed by atoms with Crippen molar-refractivity contribution in [2.45, 2.75) is 39.4 Å². The third-order valence-corrected chi connectivity index (χ3v) is 5.14. The summed E-state index contributed by atoms with van der Waals surface area (Å²) < 4.78 is 11.3. The first kappa shape index (κ1) is 23.3.